The van der Waals surface area contributed by atoms with Crippen molar-refractivity contribution in [3.8, 4) is 0 Å². The highest BCUT2D eigenvalue weighted by atomic mass is 16.6. The largest absolute Gasteiger partial charge is 0.472 e. The van der Waals surface area contributed by atoms with Gasteiger partial charge in [0.2, 0.25) is 0 Å². The number of ketones is 1. The Balaban J connectivity index is 1.49. The van der Waals surface area contributed by atoms with Crippen molar-refractivity contribution in [2.24, 2.45) is 28.1 Å². The molecule has 0 amide bonds. The molecule has 9 heteroatoms. The first-order chi connectivity index (χ1) is 18.2. The summed E-state index contributed by atoms with van der Waals surface area (Å²) >= 11 is 0. The average molecular weight is 543 g/mol. The molecule has 3 heterocycles. The summed E-state index contributed by atoms with van der Waals surface area (Å²) in [6, 6.07) is 1.91. The van der Waals surface area contributed by atoms with Crippen LogP contribution in [0.15, 0.2) is 23.0 Å². The van der Waals surface area contributed by atoms with E-state index >= 15 is 0 Å². The van der Waals surface area contributed by atoms with Crippen molar-refractivity contribution >= 4 is 17.7 Å². The van der Waals surface area contributed by atoms with E-state index in [0.717, 1.165) is 5.56 Å². The zero-order valence-corrected chi connectivity index (χ0v) is 23.4. The lowest BCUT2D eigenvalue weighted by atomic mass is 9.36. The number of ether oxygens (including phenoxy) is 4. The Morgan fingerprint density at radius 2 is 1.72 bits per heavy atom. The molecule has 6 aliphatic rings. The number of rotatable bonds is 3. The molecule has 1 aromatic heterocycles. The van der Waals surface area contributed by atoms with Crippen LogP contribution in [-0.2, 0) is 33.3 Å². The summed E-state index contributed by atoms with van der Waals surface area (Å²) in [7, 11) is 0. The van der Waals surface area contributed by atoms with E-state index in [1.165, 1.54) is 13.8 Å². The van der Waals surface area contributed by atoms with Gasteiger partial charge in [-0.1, -0.05) is 13.8 Å². The first-order valence-electron chi connectivity index (χ1n) is 14.2. The van der Waals surface area contributed by atoms with Crippen molar-refractivity contribution in [2.75, 3.05) is 0 Å². The molecule has 2 saturated heterocycles. The summed E-state index contributed by atoms with van der Waals surface area (Å²) in [5.41, 5.74) is -2.95. The highest BCUT2D eigenvalue weighted by molar-refractivity contribution is 5.83. The Morgan fingerprint density at radius 1 is 1.00 bits per heavy atom. The molecule has 4 aliphatic carbocycles. The van der Waals surface area contributed by atoms with Crippen LogP contribution in [0.4, 0.5) is 0 Å². The smallest absolute Gasteiger partial charge is 0.303 e. The quantitative estimate of drug-likeness (QED) is 0.452. The number of carbonyl (C=O) groups is 3. The van der Waals surface area contributed by atoms with Crippen molar-refractivity contribution in [3.05, 3.63) is 24.2 Å². The molecule has 9 nitrogen and oxygen atoms in total. The maximum atomic E-state index is 13.1. The predicted molar refractivity (Wildman–Crippen MR) is 134 cm³/mol. The van der Waals surface area contributed by atoms with Crippen molar-refractivity contribution in [2.45, 2.75) is 115 Å². The maximum Gasteiger partial charge on any atom is 0.303 e. The minimum atomic E-state index is -1.14. The molecule has 0 bridgehead atoms. The Hall–Kier alpha value is -2.23. The Labute approximate surface area is 227 Å². The second kappa shape index (κ2) is 7.53. The summed E-state index contributed by atoms with van der Waals surface area (Å²) in [5, 5.41) is 12.6. The van der Waals surface area contributed by atoms with E-state index in [1.807, 2.05) is 26.8 Å². The highest BCUT2D eigenvalue weighted by Gasteiger charge is 2.92. The average Bonchev–Trinajstić information content (AvgIpc) is 3.08. The fourth-order valence-electron chi connectivity index (χ4n) is 11.2. The first kappa shape index (κ1) is 25.7. The van der Waals surface area contributed by atoms with E-state index in [9.17, 15) is 19.5 Å². The minimum Gasteiger partial charge on any atom is -0.472 e. The van der Waals surface area contributed by atoms with Crippen LogP contribution in [0.1, 0.15) is 78.7 Å². The third-order valence-electron chi connectivity index (χ3n) is 12.1. The lowest BCUT2D eigenvalue weighted by Gasteiger charge is -2.68. The molecule has 39 heavy (non-hydrogen) atoms. The molecule has 0 radical (unpaired) electrons. The van der Waals surface area contributed by atoms with Gasteiger partial charge in [-0.2, -0.15) is 0 Å². The van der Waals surface area contributed by atoms with E-state index in [1.54, 1.807) is 12.5 Å². The zero-order chi connectivity index (χ0) is 27.9. The van der Waals surface area contributed by atoms with Crippen LogP contribution in [0.2, 0.25) is 0 Å². The summed E-state index contributed by atoms with van der Waals surface area (Å²) < 4.78 is 31.1. The molecular formula is C30H38O9. The molecule has 12 atom stereocenters. The van der Waals surface area contributed by atoms with Gasteiger partial charge in [-0.25, -0.2) is 0 Å². The van der Waals surface area contributed by atoms with Gasteiger partial charge in [0.05, 0.1) is 36.4 Å². The van der Waals surface area contributed by atoms with Crippen molar-refractivity contribution in [1.29, 1.82) is 0 Å². The van der Waals surface area contributed by atoms with Crippen molar-refractivity contribution in [1.82, 2.24) is 0 Å². The number of aliphatic hydroxyl groups excluding tert-OH is 1. The third kappa shape index (κ3) is 2.75. The Morgan fingerprint density at radius 3 is 2.36 bits per heavy atom. The van der Waals surface area contributed by atoms with Crippen molar-refractivity contribution in [3.63, 3.8) is 0 Å². The van der Waals surface area contributed by atoms with Gasteiger partial charge in [0.1, 0.15) is 23.6 Å². The summed E-state index contributed by atoms with van der Waals surface area (Å²) in [4.78, 5) is 38.4. The third-order valence-corrected chi connectivity index (χ3v) is 12.1. The zero-order valence-electron chi connectivity index (χ0n) is 23.4. The molecule has 4 saturated carbocycles. The molecule has 1 N–H and O–H groups in total. The normalized spacial score (nSPS) is 52.2. The van der Waals surface area contributed by atoms with Gasteiger partial charge < -0.3 is 28.5 Å². The van der Waals surface area contributed by atoms with Crippen LogP contribution in [0.5, 0.6) is 0 Å². The predicted octanol–water partition coefficient (Wildman–Crippen LogP) is 3.32. The van der Waals surface area contributed by atoms with E-state index in [-0.39, 0.29) is 42.7 Å². The molecule has 1 aromatic rings. The van der Waals surface area contributed by atoms with Gasteiger partial charge in [0.25, 0.3) is 0 Å². The fraction of sp³-hybridized carbons (Fsp3) is 0.767. The van der Waals surface area contributed by atoms with Gasteiger partial charge in [-0.15, -0.1) is 0 Å². The fourth-order valence-corrected chi connectivity index (χ4v) is 11.2. The lowest BCUT2D eigenvalue weighted by molar-refractivity contribution is -0.295. The van der Waals surface area contributed by atoms with Crippen molar-refractivity contribution < 1.29 is 42.9 Å². The molecule has 6 fully saturated rings. The molecule has 212 valence electrons. The van der Waals surface area contributed by atoms with Gasteiger partial charge in [0, 0.05) is 54.8 Å². The summed E-state index contributed by atoms with van der Waals surface area (Å²) in [5.74, 6) is -1.64. The Bertz CT molecular complexity index is 1250. The molecular weight excluding hydrogens is 504 g/mol. The Kier molecular flexibility index (Phi) is 4.97. The maximum absolute atomic E-state index is 13.1. The van der Waals surface area contributed by atoms with E-state index in [0.29, 0.717) is 12.8 Å². The van der Waals surface area contributed by atoms with Crippen LogP contribution in [0, 0.1) is 28.1 Å². The van der Waals surface area contributed by atoms with Crippen LogP contribution < -0.4 is 0 Å². The second-order valence-corrected chi connectivity index (χ2v) is 13.9. The standard InChI is InChI=1S/C30H38O9/c1-14(31)36-20-11-19-26(3,4)38-21-9-17(33)12-29(19,21)24-23(34)25(37-15(2)32)27(5)18(16-7-8-35-13-16)10-22-30(27,39-22)28(20,24)6/h7-8,13,18-25,34H,9-12H2,1-6H3/t18-,19-,20+,21-,22+,23+,24-,25-,27+,28-,29+,30+/m0/s1. The molecule has 2 spiro atoms. The topological polar surface area (TPSA) is 125 Å². The van der Waals surface area contributed by atoms with Crippen LogP contribution >= 0.6 is 0 Å². The van der Waals surface area contributed by atoms with Gasteiger partial charge in [0.15, 0.2) is 0 Å². The number of aliphatic hydroxyl groups is 1. The number of epoxide rings is 1. The first-order valence-corrected chi connectivity index (χ1v) is 14.2. The van der Waals surface area contributed by atoms with Gasteiger partial charge >= 0.3 is 11.9 Å². The number of fused-ring (bicyclic) bond motifs is 1. The van der Waals surface area contributed by atoms with E-state index < -0.39 is 63.6 Å². The monoisotopic (exact) mass is 542 g/mol. The van der Waals surface area contributed by atoms with Gasteiger partial charge in [-0.3, -0.25) is 14.4 Å². The molecule has 2 aliphatic heterocycles. The number of carbonyl (C=O) groups excluding carboxylic acids is 3. The van der Waals surface area contributed by atoms with Crippen LogP contribution in [0.25, 0.3) is 0 Å². The number of hydrogen-bond acceptors (Lipinski definition) is 9. The van der Waals surface area contributed by atoms with Crippen LogP contribution in [-0.4, -0.2) is 64.6 Å². The van der Waals surface area contributed by atoms with Gasteiger partial charge in [-0.05, 0) is 44.2 Å². The second-order valence-electron chi connectivity index (χ2n) is 13.9. The minimum absolute atomic E-state index is 0.104. The van der Waals surface area contributed by atoms with E-state index in [4.69, 9.17) is 23.4 Å². The lowest BCUT2D eigenvalue weighted by Crippen LogP contribution is -2.77. The van der Waals surface area contributed by atoms with E-state index in [2.05, 4.69) is 6.92 Å². The number of esters is 2. The van der Waals surface area contributed by atoms with Crippen LogP contribution in [0.3, 0.4) is 0 Å². The number of furan rings is 1. The number of Topliss-reactive ketones (excluding diaryl/α,β-unsaturated/α-hetero) is 1. The SMILES string of the molecule is CC(=O)O[C@@H]1C[C@H]2C(C)(C)O[C@H]3CC(=O)C[C@]32[C@H]2[C@@H](O)[C@H](OC(C)=O)[C@@]3(C)[C@H](c4ccoc4)C[C@H]4O[C@]43[C@]21C. The molecule has 0 aromatic carbocycles. The molecule has 0 unspecified atom stereocenters. The summed E-state index contributed by atoms with van der Waals surface area (Å²) in [6.45, 7) is 10.9. The molecule has 7 rings (SSSR count). The highest BCUT2D eigenvalue weighted by Crippen LogP contribution is 2.84. The summed E-state index contributed by atoms with van der Waals surface area (Å²) in [6.07, 6.45) is 1.81. The number of hydrogen-bond donors (Lipinski definition) is 1.